The molecule has 0 radical (unpaired) electrons. The van der Waals surface area contributed by atoms with Gasteiger partial charge in [0.15, 0.2) is 0 Å². The van der Waals surface area contributed by atoms with Gasteiger partial charge >= 0.3 is 0 Å². The van der Waals surface area contributed by atoms with Gasteiger partial charge < -0.3 is 4.74 Å². The molecule has 0 aliphatic heterocycles. The second-order valence-corrected chi connectivity index (χ2v) is 4.19. The summed E-state index contributed by atoms with van der Waals surface area (Å²) in [5, 5.41) is 0. The van der Waals surface area contributed by atoms with E-state index in [4.69, 9.17) is 10.6 Å². The first kappa shape index (κ1) is 14.9. The number of methoxy groups -OCH3 is 1. The van der Waals surface area contributed by atoms with Crippen LogP contribution in [0.15, 0.2) is 12.1 Å². The number of nitrogens with one attached hydrogen (secondary N) is 1. The minimum absolute atomic E-state index is 0.163. The predicted octanol–water partition coefficient (Wildman–Crippen LogP) is 2.28. The van der Waals surface area contributed by atoms with Gasteiger partial charge in [0.2, 0.25) is 0 Å². The fraction of sp³-hybridized carbons (Fsp3) is 0.500. The Labute approximate surface area is 104 Å². The Morgan fingerprint density at radius 3 is 2.28 bits per heavy atom. The van der Waals surface area contributed by atoms with Gasteiger partial charge in [0, 0.05) is 31.4 Å². The van der Waals surface area contributed by atoms with Gasteiger partial charge in [-0.1, -0.05) is 6.92 Å². The highest BCUT2D eigenvalue weighted by Crippen LogP contribution is 2.28. The van der Waals surface area contributed by atoms with Crippen LogP contribution in [0.3, 0.4) is 0 Å². The first-order chi connectivity index (χ1) is 8.51. The Bertz CT molecular complexity index is 378. The highest BCUT2D eigenvalue weighted by molar-refractivity contribution is 5.24. The van der Waals surface area contributed by atoms with E-state index in [1.807, 2.05) is 0 Å². The van der Waals surface area contributed by atoms with Crippen LogP contribution in [0.5, 0.6) is 0 Å². The number of hydrogen-bond donors (Lipinski definition) is 2. The van der Waals surface area contributed by atoms with E-state index in [-0.39, 0.29) is 11.5 Å². The summed E-state index contributed by atoms with van der Waals surface area (Å²) < 4.78 is 45.0. The minimum atomic E-state index is -0.950. The maximum atomic E-state index is 13.6. The van der Waals surface area contributed by atoms with E-state index >= 15 is 0 Å². The minimum Gasteiger partial charge on any atom is -0.385 e. The third kappa shape index (κ3) is 3.44. The van der Waals surface area contributed by atoms with Crippen molar-refractivity contribution in [2.24, 2.45) is 11.8 Å². The molecule has 0 aliphatic rings. The zero-order valence-electron chi connectivity index (χ0n) is 10.3. The van der Waals surface area contributed by atoms with Crippen LogP contribution in [0.4, 0.5) is 13.2 Å². The lowest BCUT2D eigenvalue weighted by molar-refractivity contribution is 0.169. The summed E-state index contributed by atoms with van der Waals surface area (Å²) in [7, 11) is 1.54. The molecule has 0 fully saturated rings. The van der Waals surface area contributed by atoms with Crippen LogP contribution in [0, 0.1) is 23.4 Å². The van der Waals surface area contributed by atoms with Gasteiger partial charge in [-0.2, -0.15) is 0 Å². The van der Waals surface area contributed by atoms with Crippen molar-refractivity contribution in [1.29, 1.82) is 0 Å². The van der Waals surface area contributed by atoms with E-state index in [1.54, 1.807) is 6.92 Å². The van der Waals surface area contributed by atoms with Crippen molar-refractivity contribution < 1.29 is 17.9 Å². The number of ether oxygens (including phenoxy) is 1. The summed E-state index contributed by atoms with van der Waals surface area (Å²) in [4.78, 5) is 0. The Morgan fingerprint density at radius 2 is 1.83 bits per heavy atom. The molecule has 102 valence electrons. The molecular formula is C12H17F3N2O. The zero-order chi connectivity index (χ0) is 13.7. The topological polar surface area (TPSA) is 47.3 Å². The summed E-state index contributed by atoms with van der Waals surface area (Å²) in [6.45, 7) is 2.23. The van der Waals surface area contributed by atoms with Gasteiger partial charge in [0.1, 0.15) is 17.5 Å². The molecule has 0 saturated carbocycles. The van der Waals surface area contributed by atoms with E-state index in [1.165, 1.54) is 7.11 Å². The lowest BCUT2D eigenvalue weighted by atomic mass is 9.92. The SMILES string of the molecule is COCCC(C)C(NN)c1c(F)cc(F)cc1F. The smallest absolute Gasteiger partial charge is 0.133 e. The lowest BCUT2D eigenvalue weighted by Gasteiger charge is -2.24. The second-order valence-electron chi connectivity index (χ2n) is 4.19. The van der Waals surface area contributed by atoms with Crippen LogP contribution in [-0.4, -0.2) is 13.7 Å². The number of halogens is 3. The van der Waals surface area contributed by atoms with Crippen molar-refractivity contribution >= 4 is 0 Å². The van der Waals surface area contributed by atoms with Crippen LogP contribution in [0.1, 0.15) is 24.9 Å². The van der Waals surface area contributed by atoms with Crippen molar-refractivity contribution in [2.45, 2.75) is 19.4 Å². The van der Waals surface area contributed by atoms with Crippen molar-refractivity contribution in [3.8, 4) is 0 Å². The Morgan fingerprint density at radius 1 is 1.28 bits per heavy atom. The molecule has 0 aliphatic carbocycles. The average molecular weight is 262 g/mol. The molecule has 1 rings (SSSR count). The van der Waals surface area contributed by atoms with Crippen molar-refractivity contribution in [1.82, 2.24) is 5.43 Å². The molecule has 2 unspecified atom stereocenters. The number of rotatable bonds is 6. The van der Waals surface area contributed by atoms with E-state index in [0.717, 1.165) is 0 Å². The Kier molecular flexibility index (Phi) is 5.58. The maximum absolute atomic E-state index is 13.6. The van der Waals surface area contributed by atoms with E-state index in [0.29, 0.717) is 25.2 Å². The number of hydrogen-bond acceptors (Lipinski definition) is 3. The Balaban J connectivity index is 3.01. The number of nitrogens with two attached hydrogens (primary N) is 1. The molecule has 18 heavy (non-hydrogen) atoms. The first-order valence-corrected chi connectivity index (χ1v) is 5.60. The molecule has 0 bridgehead atoms. The van der Waals surface area contributed by atoms with Crippen LogP contribution in [-0.2, 0) is 4.74 Å². The van der Waals surface area contributed by atoms with Crippen LogP contribution in [0.2, 0.25) is 0 Å². The second kappa shape index (κ2) is 6.72. The van der Waals surface area contributed by atoms with Crippen molar-refractivity contribution in [2.75, 3.05) is 13.7 Å². The summed E-state index contributed by atoms with van der Waals surface area (Å²) in [6, 6.07) is 0.554. The molecule has 2 atom stereocenters. The summed E-state index contributed by atoms with van der Waals surface area (Å²) in [5.74, 6) is 2.33. The average Bonchev–Trinajstić information content (AvgIpc) is 2.30. The van der Waals surface area contributed by atoms with Gasteiger partial charge in [-0.25, -0.2) is 13.2 Å². The summed E-state index contributed by atoms with van der Waals surface area (Å²) in [6.07, 6.45) is 0.571. The third-order valence-corrected chi connectivity index (χ3v) is 2.88. The molecule has 0 amide bonds. The zero-order valence-corrected chi connectivity index (χ0v) is 10.3. The van der Waals surface area contributed by atoms with Crippen LogP contribution >= 0.6 is 0 Å². The molecule has 3 nitrogen and oxygen atoms in total. The highest BCUT2D eigenvalue weighted by atomic mass is 19.1. The van der Waals surface area contributed by atoms with Gasteiger partial charge in [0.25, 0.3) is 0 Å². The molecule has 0 aromatic heterocycles. The van der Waals surface area contributed by atoms with Gasteiger partial charge in [0.05, 0.1) is 6.04 Å². The molecule has 0 spiro atoms. The van der Waals surface area contributed by atoms with Crippen molar-refractivity contribution in [3.05, 3.63) is 35.1 Å². The molecule has 0 heterocycles. The maximum Gasteiger partial charge on any atom is 0.133 e. The standard InChI is InChI=1S/C12H17F3N2O/c1-7(3-4-18-2)12(17-16)11-9(14)5-8(13)6-10(11)15/h5-7,12,17H,3-4,16H2,1-2H3. The fourth-order valence-corrected chi connectivity index (χ4v) is 1.85. The molecule has 0 saturated heterocycles. The fourth-order valence-electron chi connectivity index (χ4n) is 1.85. The first-order valence-electron chi connectivity index (χ1n) is 5.60. The van der Waals surface area contributed by atoms with Crippen LogP contribution < -0.4 is 11.3 Å². The molecule has 6 heteroatoms. The quantitative estimate of drug-likeness (QED) is 0.611. The largest absolute Gasteiger partial charge is 0.385 e. The number of benzene rings is 1. The number of hydrazine groups is 1. The Hall–Kier alpha value is -1.11. The van der Waals surface area contributed by atoms with E-state index in [2.05, 4.69) is 5.43 Å². The van der Waals surface area contributed by atoms with Gasteiger partial charge in [-0.15, -0.1) is 0 Å². The normalized spacial score (nSPS) is 14.6. The third-order valence-electron chi connectivity index (χ3n) is 2.88. The van der Waals surface area contributed by atoms with Crippen molar-refractivity contribution in [3.63, 3.8) is 0 Å². The monoisotopic (exact) mass is 262 g/mol. The molecular weight excluding hydrogens is 245 g/mol. The predicted molar refractivity (Wildman–Crippen MR) is 62.0 cm³/mol. The highest BCUT2D eigenvalue weighted by Gasteiger charge is 2.25. The van der Waals surface area contributed by atoms with E-state index in [9.17, 15) is 13.2 Å². The summed E-state index contributed by atoms with van der Waals surface area (Å²) in [5.41, 5.74) is 2.12. The van der Waals surface area contributed by atoms with Gasteiger partial charge in [-0.05, 0) is 12.3 Å². The van der Waals surface area contributed by atoms with Gasteiger partial charge in [-0.3, -0.25) is 11.3 Å². The summed E-state index contributed by atoms with van der Waals surface area (Å²) >= 11 is 0. The lowest BCUT2D eigenvalue weighted by Crippen LogP contribution is -2.34. The van der Waals surface area contributed by atoms with E-state index < -0.39 is 23.5 Å². The van der Waals surface area contributed by atoms with Crippen LogP contribution in [0.25, 0.3) is 0 Å². The molecule has 1 aromatic rings. The molecule has 3 N–H and O–H groups in total. The molecule has 1 aromatic carbocycles.